The second-order valence-corrected chi connectivity index (χ2v) is 6.23. The van der Waals surface area contributed by atoms with E-state index < -0.39 is 5.60 Å². The minimum absolute atomic E-state index is 0.0938. The van der Waals surface area contributed by atoms with Crippen LogP contribution in [0.25, 0.3) is 0 Å². The van der Waals surface area contributed by atoms with Crippen LogP contribution in [0.3, 0.4) is 0 Å². The van der Waals surface area contributed by atoms with Crippen molar-refractivity contribution in [2.75, 3.05) is 11.9 Å². The zero-order valence-electron chi connectivity index (χ0n) is 13.2. The lowest BCUT2D eigenvalue weighted by atomic mass is 10.0. The van der Waals surface area contributed by atoms with Crippen LogP contribution >= 0.6 is 11.6 Å². The number of hydrogen-bond acceptors (Lipinski definition) is 4. The number of aliphatic hydroxyl groups is 1. The second-order valence-electron chi connectivity index (χ2n) is 5.79. The smallest absolute Gasteiger partial charge is 0.225 e. The summed E-state index contributed by atoms with van der Waals surface area (Å²) < 4.78 is 5.22. The van der Waals surface area contributed by atoms with Crippen LogP contribution in [-0.2, 0) is 10.4 Å². The third-order valence-electron chi connectivity index (χ3n) is 3.47. The number of benzene rings is 1. The van der Waals surface area contributed by atoms with Gasteiger partial charge in [-0.25, -0.2) is 0 Å². The molecule has 1 aromatic carbocycles. The zero-order chi connectivity index (χ0) is 16.9. The summed E-state index contributed by atoms with van der Waals surface area (Å²) in [5.74, 6) is 0.382. The highest BCUT2D eigenvalue weighted by molar-refractivity contribution is 6.30. The van der Waals surface area contributed by atoms with Gasteiger partial charge < -0.3 is 20.2 Å². The standard InChI is InChI=1S/C17H21ClN2O3/c1-12(19-11-17(2,22)15-4-3-9-23-15)10-16(21)20-14-7-5-13(18)6-8-14/h3-9,12,19,22H,10-11H2,1-2H3,(H,20,21). The van der Waals surface area contributed by atoms with Crippen molar-refractivity contribution in [2.45, 2.75) is 31.9 Å². The number of nitrogens with one attached hydrogen (secondary N) is 2. The summed E-state index contributed by atoms with van der Waals surface area (Å²) in [6.45, 7) is 3.84. The van der Waals surface area contributed by atoms with Gasteiger partial charge in [0.2, 0.25) is 5.91 Å². The molecule has 23 heavy (non-hydrogen) atoms. The Morgan fingerprint density at radius 3 is 2.65 bits per heavy atom. The molecule has 2 aromatic rings. The average molecular weight is 337 g/mol. The van der Waals surface area contributed by atoms with Crippen molar-refractivity contribution in [1.29, 1.82) is 0 Å². The summed E-state index contributed by atoms with van der Waals surface area (Å²) in [6, 6.07) is 10.3. The normalized spacial score (nSPS) is 15.0. The van der Waals surface area contributed by atoms with Crippen molar-refractivity contribution in [3.63, 3.8) is 0 Å². The minimum atomic E-state index is -1.12. The van der Waals surface area contributed by atoms with E-state index >= 15 is 0 Å². The van der Waals surface area contributed by atoms with Gasteiger partial charge in [-0.3, -0.25) is 4.79 Å². The van der Waals surface area contributed by atoms with E-state index in [2.05, 4.69) is 10.6 Å². The molecule has 2 rings (SSSR count). The van der Waals surface area contributed by atoms with E-state index in [1.54, 1.807) is 43.3 Å². The largest absolute Gasteiger partial charge is 0.466 e. The zero-order valence-corrected chi connectivity index (χ0v) is 13.9. The number of amides is 1. The maximum absolute atomic E-state index is 12.0. The molecule has 0 radical (unpaired) electrons. The summed E-state index contributed by atoms with van der Waals surface area (Å²) in [4.78, 5) is 12.0. The first kappa shape index (κ1) is 17.5. The van der Waals surface area contributed by atoms with Crippen molar-refractivity contribution in [2.24, 2.45) is 0 Å². The summed E-state index contributed by atoms with van der Waals surface area (Å²) in [7, 11) is 0. The van der Waals surface area contributed by atoms with E-state index in [9.17, 15) is 9.90 Å². The first-order valence-electron chi connectivity index (χ1n) is 7.42. The Kier molecular flexibility index (Phi) is 5.82. The Morgan fingerprint density at radius 2 is 2.04 bits per heavy atom. The predicted octanol–water partition coefficient (Wildman–Crippen LogP) is 3.15. The van der Waals surface area contributed by atoms with Gasteiger partial charge in [-0.2, -0.15) is 0 Å². The predicted molar refractivity (Wildman–Crippen MR) is 90.4 cm³/mol. The Hall–Kier alpha value is -1.82. The molecule has 0 aliphatic heterocycles. The van der Waals surface area contributed by atoms with Crippen molar-refractivity contribution < 1.29 is 14.3 Å². The molecule has 0 aliphatic rings. The Balaban J connectivity index is 1.79. The van der Waals surface area contributed by atoms with Crippen LogP contribution in [0, 0.1) is 0 Å². The highest BCUT2D eigenvalue weighted by Crippen LogP contribution is 2.20. The molecule has 0 aliphatic carbocycles. The Bertz CT molecular complexity index is 624. The fraction of sp³-hybridized carbons (Fsp3) is 0.353. The molecule has 0 saturated carbocycles. The second kappa shape index (κ2) is 7.64. The number of halogens is 1. The molecule has 0 spiro atoms. The average Bonchev–Trinajstić information content (AvgIpc) is 3.03. The van der Waals surface area contributed by atoms with E-state index in [0.29, 0.717) is 16.5 Å². The van der Waals surface area contributed by atoms with Crippen LogP contribution in [0.2, 0.25) is 5.02 Å². The number of hydrogen-bond donors (Lipinski definition) is 3. The van der Waals surface area contributed by atoms with Gasteiger partial charge in [0.05, 0.1) is 6.26 Å². The van der Waals surface area contributed by atoms with Gasteiger partial charge in [-0.1, -0.05) is 11.6 Å². The quantitative estimate of drug-likeness (QED) is 0.726. The highest BCUT2D eigenvalue weighted by atomic mass is 35.5. The molecule has 124 valence electrons. The number of furan rings is 1. The van der Waals surface area contributed by atoms with Crippen LogP contribution in [0.5, 0.6) is 0 Å². The molecule has 6 heteroatoms. The van der Waals surface area contributed by atoms with Gasteiger partial charge >= 0.3 is 0 Å². The molecule has 0 saturated heterocycles. The number of anilines is 1. The lowest BCUT2D eigenvalue weighted by Gasteiger charge is -2.24. The topological polar surface area (TPSA) is 74.5 Å². The monoisotopic (exact) mass is 336 g/mol. The third-order valence-corrected chi connectivity index (χ3v) is 3.72. The molecular weight excluding hydrogens is 316 g/mol. The van der Waals surface area contributed by atoms with Gasteiger partial charge in [0.25, 0.3) is 0 Å². The molecule has 1 heterocycles. The summed E-state index contributed by atoms with van der Waals surface area (Å²) in [5, 5.41) is 16.9. The fourth-order valence-electron chi connectivity index (χ4n) is 2.14. The van der Waals surface area contributed by atoms with Gasteiger partial charge in [0.15, 0.2) is 0 Å². The van der Waals surface area contributed by atoms with E-state index in [-0.39, 0.29) is 24.9 Å². The molecule has 2 unspecified atom stereocenters. The van der Waals surface area contributed by atoms with Gasteiger partial charge in [0, 0.05) is 29.7 Å². The Labute approximate surface area is 140 Å². The van der Waals surface area contributed by atoms with E-state index in [0.717, 1.165) is 0 Å². The van der Waals surface area contributed by atoms with E-state index in [4.69, 9.17) is 16.0 Å². The first-order chi connectivity index (χ1) is 10.9. The lowest BCUT2D eigenvalue weighted by molar-refractivity contribution is -0.116. The third kappa shape index (κ3) is 5.39. The van der Waals surface area contributed by atoms with Crippen LogP contribution in [0.4, 0.5) is 5.69 Å². The summed E-state index contributed by atoms with van der Waals surface area (Å²) in [6.07, 6.45) is 1.81. The fourth-order valence-corrected chi connectivity index (χ4v) is 2.27. The lowest BCUT2D eigenvalue weighted by Crippen LogP contribution is -2.40. The molecule has 0 bridgehead atoms. The van der Waals surface area contributed by atoms with Crippen LogP contribution < -0.4 is 10.6 Å². The van der Waals surface area contributed by atoms with Crippen molar-refractivity contribution >= 4 is 23.2 Å². The van der Waals surface area contributed by atoms with Gasteiger partial charge in [0.1, 0.15) is 11.4 Å². The Morgan fingerprint density at radius 1 is 1.35 bits per heavy atom. The molecule has 2 atom stereocenters. The molecule has 1 amide bonds. The molecular formula is C17H21ClN2O3. The van der Waals surface area contributed by atoms with Gasteiger partial charge in [-0.05, 0) is 50.2 Å². The molecule has 1 aromatic heterocycles. The van der Waals surface area contributed by atoms with E-state index in [1.165, 1.54) is 6.26 Å². The van der Waals surface area contributed by atoms with Gasteiger partial charge in [-0.15, -0.1) is 0 Å². The SMILES string of the molecule is CC(CC(=O)Nc1ccc(Cl)cc1)NCC(C)(O)c1ccco1. The molecule has 0 fully saturated rings. The maximum atomic E-state index is 12.0. The van der Waals surface area contributed by atoms with Crippen molar-refractivity contribution in [3.05, 3.63) is 53.4 Å². The van der Waals surface area contributed by atoms with Crippen molar-refractivity contribution in [1.82, 2.24) is 5.32 Å². The molecule has 5 nitrogen and oxygen atoms in total. The number of rotatable bonds is 7. The van der Waals surface area contributed by atoms with Crippen LogP contribution in [0.15, 0.2) is 47.1 Å². The van der Waals surface area contributed by atoms with E-state index in [1.807, 2.05) is 6.92 Å². The minimum Gasteiger partial charge on any atom is -0.466 e. The summed E-state index contributed by atoms with van der Waals surface area (Å²) in [5.41, 5.74) is -0.418. The highest BCUT2D eigenvalue weighted by Gasteiger charge is 2.26. The number of carbonyl (C=O) groups is 1. The van der Waals surface area contributed by atoms with Crippen LogP contribution in [0.1, 0.15) is 26.0 Å². The van der Waals surface area contributed by atoms with Crippen LogP contribution in [-0.4, -0.2) is 23.6 Å². The maximum Gasteiger partial charge on any atom is 0.225 e. The first-order valence-corrected chi connectivity index (χ1v) is 7.80. The van der Waals surface area contributed by atoms with Crippen molar-refractivity contribution in [3.8, 4) is 0 Å². The number of carbonyl (C=O) groups excluding carboxylic acids is 1. The molecule has 3 N–H and O–H groups in total. The summed E-state index contributed by atoms with van der Waals surface area (Å²) >= 11 is 5.80.